The fourth-order valence-electron chi connectivity index (χ4n) is 3.07. The van der Waals surface area contributed by atoms with E-state index in [4.69, 9.17) is 0 Å². The van der Waals surface area contributed by atoms with Crippen molar-refractivity contribution in [3.05, 3.63) is 47.2 Å². The van der Waals surface area contributed by atoms with Crippen LogP contribution < -0.4 is 10.6 Å². The first kappa shape index (κ1) is 31.1. The summed E-state index contributed by atoms with van der Waals surface area (Å²) in [5, 5.41) is 23.0. The molecule has 1 aromatic carbocycles. The minimum atomic E-state index is -5.22. The maximum Gasteiger partial charge on any atom is 0.482 e. The number of benzene rings is 1. The molecule has 8 nitrogen and oxygen atoms in total. The summed E-state index contributed by atoms with van der Waals surface area (Å²) in [5.74, 6) is -1.68. The number of nitrogens with zero attached hydrogens (tertiary/aromatic N) is 2. The number of nitrogens with one attached hydrogen (secondary N) is 2. The van der Waals surface area contributed by atoms with Crippen LogP contribution in [-0.2, 0) is 5.60 Å². The highest BCUT2D eigenvalue weighted by molar-refractivity contribution is 7.17. The van der Waals surface area contributed by atoms with Gasteiger partial charge in [-0.2, -0.15) is 26.3 Å². The summed E-state index contributed by atoms with van der Waals surface area (Å²) in [6, 6.07) is 2.08. The summed E-state index contributed by atoms with van der Waals surface area (Å²) in [7, 11) is 0. The average Bonchev–Trinajstić information content (AvgIpc) is 3.21. The Hall–Kier alpha value is -3.17. The Kier molecular flexibility index (Phi) is 8.91. The number of anilines is 1. The lowest BCUT2D eigenvalue weighted by molar-refractivity contribution is -0.258. The Morgan fingerprint density at radius 2 is 1.74 bits per heavy atom. The highest BCUT2D eigenvalue weighted by atomic mass is 32.1. The Morgan fingerprint density at radius 3 is 2.21 bits per heavy atom. The molecule has 2 rings (SSSR count). The molecule has 1 unspecified atom stereocenters. The second-order valence-electron chi connectivity index (χ2n) is 8.92. The molecule has 0 aliphatic heterocycles. The third-order valence-corrected chi connectivity index (χ3v) is 6.27. The lowest BCUT2D eigenvalue weighted by atomic mass is 9.93. The van der Waals surface area contributed by atoms with Crippen molar-refractivity contribution >= 4 is 28.8 Å². The zero-order valence-electron chi connectivity index (χ0n) is 20.7. The van der Waals surface area contributed by atoms with Crippen LogP contribution in [0.15, 0.2) is 31.0 Å². The number of aromatic nitrogens is 1. The van der Waals surface area contributed by atoms with Gasteiger partial charge in [0, 0.05) is 18.7 Å². The van der Waals surface area contributed by atoms with Crippen LogP contribution in [0.1, 0.15) is 53.5 Å². The molecular weight excluding hydrogens is 542 g/mol. The predicted molar refractivity (Wildman–Crippen MR) is 128 cm³/mol. The van der Waals surface area contributed by atoms with Gasteiger partial charge in [0.05, 0.1) is 16.2 Å². The van der Waals surface area contributed by atoms with E-state index < -0.39 is 58.0 Å². The number of alkyl halides is 6. The Morgan fingerprint density at radius 1 is 1.13 bits per heavy atom. The smallest absolute Gasteiger partial charge is 0.389 e. The highest BCUT2D eigenvalue weighted by Gasteiger charge is 2.51. The molecule has 210 valence electrons. The molecule has 1 heterocycles. The molecule has 0 aliphatic carbocycles. The SMILES string of the molecule is C=CN(CC)C(=O)c1nc(C(=O)NCC(C)(C)O)sc1-c1ccc(C(C)(O)C(F)(F)F)cc1NC(F)(F)F. The van der Waals surface area contributed by atoms with Gasteiger partial charge in [-0.25, -0.2) is 4.98 Å². The number of hydrogen-bond acceptors (Lipinski definition) is 7. The number of hydrogen-bond donors (Lipinski definition) is 4. The molecule has 0 aliphatic rings. The molecule has 0 saturated heterocycles. The van der Waals surface area contributed by atoms with Crippen LogP contribution in [-0.4, -0.2) is 63.1 Å². The van der Waals surface area contributed by atoms with Crippen LogP contribution in [0, 0.1) is 0 Å². The predicted octanol–water partition coefficient (Wildman–Crippen LogP) is 4.62. The van der Waals surface area contributed by atoms with Gasteiger partial charge >= 0.3 is 12.5 Å². The molecule has 38 heavy (non-hydrogen) atoms. The van der Waals surface area contributed by atoms with Crippen molar-refractivity contribution in [2.45, 2.75) is 51.4 Å². The molecule has 2 amide bonds. The highest BCUT2D eigenvalue weighted by Crippen LogP contribution is 2.43. The molecule has 2 aromatic rings. The second kappa shape index (κ2) is 10.9. The molecule has 0 spiro atoms. The number of carbonyl (C=O) groups excluding carboxylic acids is 2. The first-order valence-electron chi connectivity index (χ1n) is 11.0. The topological polar surface area (TPSA) is 115 Å². The zero-order chi connectivity index (χ0) is 29.3. The van der Waals surface area contributed by atoms with Gasteiger partial charge in [-0.3, -0.25) is 14.9 Å². The van der Waals surface area contributed by atoms with Gasteiger partial charge < -0.3 is 20.4 Å². The molecule has 0 bridgehead atoms. The van der Waals surface area contributed by atoms with E-state index in [1.807, 2.05) is 0 Å². The van der Waals surface area contributed by atoms with E-state index in [1.165, 1.54) is 13.8 Å². The van der Waals surface area contributed by atoms with Crippen molar-refractivity contribution in [3.8, 4) is 10.4 Å². The number of carbonyl (C=O) groups is 2. The van der Waals surface area contributed by atoms with Crippen LogP contribution in [0.3, 0.4) is 0 Å². The molecule has 15 heteroatoms. The minimum Gasteiger partial charge on any atom is -0.389 e. The lowest BCUT2D eigenvalue weighted by Gasteiger charge is -2.28. The number of thiazole rings is 1. The maximum absolute atomic E-state index is 13.4. The zero-order valence-corrected chi connectivity index (χ0v) is 21.5. The third kappa shape index (κ3) is 7.23. The Balaban J connectivity index is 2.78. The second-order valence-corrected chi connectivity index (χ2v) is 9.92. The average molecular weight is 569 g/mol. The van der Waals surface area contributed by atoms with Crippen molar-refractivity contribution in [1.82, 2.24) is 15.2 Å². The Labute approximate surface area is 218 Å². The van der Waals surface area contributed by atoms with Gasteiger partial charge in [-0.05, 0) is 45.5 Å². The summed E-state index contributed by atoms with van der Waals surface area (Å²) in [6.07, 6.45) is -9.19. The third-order valence-electron chi connectivity index (χ3n) is 5.18. The summed E-state index contributed by atoms with van der Waals surface area (Å²) < 4.78 is 80.2. The van der Waals surface area contributed by atoms with E-state index in [-0.39, 0.29) is 23.0 Å². The number of rotatable bonds is 9. The van der Waals surface area contributed by atoms with E-state index in [2.05, 4.69) is 16.9 Å². The molecular formula is C23H26F6N4O4S. The summed E-state index contributed by atoms with van der Waals surface area (Å²) in [4.78, 5) is 30.6. The monoisotopic (exact) mass is 568 g/mol. The molecule has 0 saturated carbocycles. The summed E-state index contributed by atoms with van der Waals surface area (Å²) in [5.41, 5.74) is -7.48. The van der Waals surface area contributed by atoms with Crippen LogP contribution in [0.25, 0.3) is 10.4 Å². The lowest BCUT2D eigenvalue weighted by Crippen LogP contribution is -2.39. The van der Waals surface area contributed by atoms with Gasteiger partial charge in [-0.1, -0.05) is 18.7 Å². The van der Waals surface area contributed by atoms with Crippen molar-refractivity contribution in [1.29, 1.82) is 0 Å². The molecule has 1 aromatic heterocycles. The molecule has 0 radical (unpaired) electrons. The standard InChI is InChI=1S/C23H26F6N4O4S/c1-6-33(7-2)19(35)15-16(38-18(31-15)17(34)30-11-20(3,4)36)13-9-8-12(21(5,37)22(24,25)26)10-14(13)32-23(27,28)29/h6,8-10,32,36-37H,1,7,11H2,2-5H3,(H,30,34). The van der Waals surface area contributed by atoms with E-state index in [0.29, 0.717) is 24.3 Å². The number of amides is 2. The molecule has 1 atom stereocenters. The maximum atomic E-state index is 13.4. The summed E-state index contributed by atoms with van der Waals surface area (Å²) in [6.45, 7) is 8.12. The van der Waals surface area contributed by atoms with Gasteiger partial charge in [0.15, 0.2) is 10.6 Å². The van der Waals surface area contributed by atoms with Crippen LogP contribution in [0.4, 0.5) is 32.0 Å². The normalized spacial score (nSPS) is 14.0. The van der Waals surface area contributed by atoms with Crippen LogP contribution >= 0.6 is 11.3 Å². The van der Waals surface area contributed by atoms with Gasteiger partial charge in [0.1, 0.15) is 5.69 Å². The molecule has 4 N–H and O–H groups in total. The first-order valence-corrected chi connectivity index (χ1v) is 11.8. The first-order chi connectivity index (χ1) is 17.2. The fourth-order valence-corrected chi connectivity index (χ4v) is 4.09. The van der Waals surface area contributed by atoms with E-state index in [1.54, 1.807) is 6.92 Å². The van der Waals surface area contributed by atoms with E-state index in [9.17, 15) is 46.1 Å². The minimum absolute atomic E-state index is 0.0839. The van der Waals surface area contributed by atoms with Crippen molar-refractivity contribution in [2.75, 3.05) is 18.4 Å². The van der Waals surface area contributed by atoms with Crippen molar-refractivity contribution < 1.29 is 46.1 Å². The quantitative estimate of drug-likeness (QED) is 0.259. The van der Waals surface area contributed by atoms with E-state index >= 15 is 0 Å². The number of aliphatic hydroxyl groups is 2. The van der Waals surface area contributed by atoms with E-state index in [0.717, 1.165) is 28.5 Å². The number of halogens is 6. The van der Waals surface area contributed by atoms with Crippen LogP contribution in [0.2, 0.25) is 0 Å². The van der Waals surface area contributed by atoms with Gasteiger partial charge in [0.25, 0.3) is 11.8 Å². The summed E-state index contributed by atoms with van der Waals surface area (Å²) >= 11 is 0.518. The van der Waals surface area contributed by atoms with Crippen molar-refractivity contribution in [3.63, 3.8) is 0 Å². The Bertz CT molecular complexity index is 1200. The molecule has 0 fully saturated rings. The van der Waals surface area contributed by atoms with Crippen LogP contribution in [0.5, 0.6) is 0 Å². The van der Waals surface area contributed by atoms with Gasteiger partial charge in [-0.15, -0.1) is 11.3 Å². The fraction of sp³-hybridized carbons (Fsp3) is 0.435. The van der Waals surface area contributed by atoms with Crippen molar-refractivity contribution in [2.24, 2.45) is 0 Å². The largest absolute Gasteiger partial charge is 0.482 e. The van der Waals surface area contributed by atoms with Gasteiger partial charge in [0.2, 0.25) is 0 Å².